The molecule has 0 unspecified atom stereocenters. The van der Waals surface area contributed by atoms with Crippen LogP contribution in [0.2, 0.25) is 0 Å². The summed E-state index contributed by atoms with van der Waals surface area (Å²) in [7, 11) is 1.63. The number of methoxy groups -OCH3 is 1. The van der Waals surface area contributed by atoms with Crippen molar-refractivity contribution in [2.45, 2.75) is 19.5 Å². The summed E-state index contributed by atoms with van der Waals surface area (Å²) in [4.78, 5) is 8.14. The lowest BCUT2D eigenvalue weighted by atomic mass is 10.3. The Morgan fingerprint density at radius 1 is 1.24 bits per heavy atom. The van der Waals surface area contributed by atoms with E-state index >= 15 is 0 Å². The van der Waals surface area contributed by atoms with Gasteiger partial charge in [0.1, 0.15) is 5.82 Å². The molecule has 0 aliphatic heterocycles. The number of nitrogens with one attached hydrogen (secondary N) is 3. The van der Waals surface area contributed by atoms with Gasteiger partial charge in [0.2, 0.25) is 0 Å². The fraction of sp³-hybridized carbons (Fsp3) is 0.600. The minimum absolute atomic E-state index is 0. The standard InChI is InChI=1S/C15H24F3N5O.HI/c1-3-19-14(22-9-10-24-2)21-8-4-7-20-13-6-5-12(11-23-13)15(16,17)18;/h5-6,11H,3-4,7-10H2,1-2H3,(H,20,23)(H2,19,21,22);1H. The Morgan fingerprint density at radius 2 is 2.00 bits per heavy atom. The summed E-state index contributed by atoms with van der Waals surface area (Å²) in [5.41, 5.74) is -0.755. The number of anilines is 1. The number of hydrogen-bond acceptors (Lipinski definition) is 4. The van der Waals surface area contributed by atoms with Crippen LogP contribution in [-0.4, -0.2) is 50.8 Å². The fourth-order valence-electron chi connectivity index (χ4n) is 1.77. The van der Waals surface area contributed by atoms with Crippen molar-refractivity contribution >= 4 is 35.8 Å². The Balaban J connectivity index is 0.00000576. The first-order chi connectivity index (χ1) is 11.5. The van der Waals surface area contributed by atoms with E-state index in [1.165, 1.54) is 6.07 Å². The summed E-state index contributed by atoms with van der Waals surface area (Å²) in [6.45, 7) is 5.13. The second-order valence-electron chi connectivity index (χ2n) is 4.89. The molecule has 10 heteroatoms. The quantitative estimate of drug-likeness (QED) is 0.222. The molecule has 25 heavy (non-hydrogen) atoms. The second-order valence-corrected chi connectivity index (χ2v) is 4.89. The van der Waals surface area contributed by atoms with Gasteiger partial charge < -0.3 is 20.7 Å². The van der Waals surface area contributed by atoms with E-state index in [0.717, 1.165) is 25.2 Å². The molecule has 6 nitrogen and oxygen atoms in total. The molecule has 0 amide bonds. The van der Waals surface area contributed by atoms with Crippen molar-refractivity contribution in [2.75, 3.05) is 45.2 Å². The number of aromatic nitrogens is 1. The predicted molar refractivity (Wildman–Crippen MR) is 104 cm³/mol. The first-order valence-electron chi connectivity index (χ1n) is 7.75. The third-order valence-corrected chi connectivity index (χ3v) is 2.94. The van der Waals surface area contributed by atoms with Crippen LogP contribution in [0.5, 0.6) is 0 Å². The van der Waals surface area contributed by atoms with Gasteiger partial charge in [-0.1, -0.05) is 0 Å². The number of aliphatic imine (C=N–C) groups is 1. The third-order valence-electron chi connectivity index (χ3n) is 2.94. The van der Waals surface area contributed by atoms with Gasteiger partial charge in [0, 0.05) is 39.5 Å². The average molecular weight is 475 g/mol. The topological polar surface area (TPSA) is 70.6 Å². The number of alkyl halides is 3. The first-order valence-corrected chi connectivity index (χ1v) is 7.75. The molecule has 0 aromatic carbocycles. The molecule has 0 atom stereocenters. The van der Waals surface area contributed by atoms with Gasteiger partial charge in [0.05, 0.1) is 12.2 Å². The van der Waals surface area contributed by atoms with E-state index in [0.29, 0.717) is 38.0 Å². The zero-order valence-electron chi connectivity index (χ0n) is 14.3. The maximum atomic E-state index is 12.4. The first kappa shape index (κ1) is 23.7. The van der Waals surface area contributed by atoms with Gasteiger partial charge in [0.25, 0.3) is 0 Å². The summed E-state index contributed by atoms with van der Waals surface area (Å²) < 4.78 is 42.2. The lowest BCUT2D eigenvalue weighted by molar-refractivity contribution is -0.137. The Labute approximate surface area is 163 Å². The van der Waals surface area contributed by atoms with E-state index in [-0.39, 0.29) is 24.0 Å². The number of pyridine rings is 1. The second kappa shape index (κ2) is 13.0. The van der Waals surface area contributed by atoms with E-state index in [1.54, 1.807) is 7.11 Å². The SMILES string of the molecule is CCNC(=NCCCNc1ccc(C(F)(F)F)cn1)NCCOC.I. The minimum atomic E-state index is -4.36. The van der Waals surface area contributed by atoms with Gasteiger partial charge in [-0.25, -0.2) is 4.98 Å². The van der Waals surface area contributed by atoms with Gasteiger partial charge >= 0.3 is 6.18 Å². The number of hydrogen-bond donors (Lipinski definition) is 3. The monoisotopic (exact) mass is 475 g/mol. The fourth-order valence-corrected chi connectivity index (χ4v) is 1.77. The summed E-state index contributed by atoms with van der Waals surface area (Å²) >= 11 is 0. The summed E-state index contributed by atoms with van der Waals surface area (Å²) in [5, 5.41) is 9.21. The van der Waals surface area contributed by atoms with Crippen LogP contribution in [0, 0.1) is 0 Å². The molecule has 1 aromatic heterocycles. The van der Waals surface area contributed by atoms with Crippen molar-refractivity contribution in [3.63, 3.8) is 0 Å². The molecular formula is C15H25F3IN5O. The number of halogens is 4. The van der Waals surface area contributed by atoms with E-state index in [9.17, 15) is 13.2 Å². The van der Waals surface area contributed by atoms with Crippen molar-refractivity contribution in [2.24, 2.45) is 4.99 Å². The van der Waals surface area contributed by atoms with Crippen molar-refractivity contribution in [3.05, 3.63) is 23.9 Å². The highest BCUT2D eigenvalue weighted by Gasteiger charge is 2.30. The molecule has 3 N–H and O–H groups in total. The molecule has 1 heterocycles. The normalized spacial score (nSPS) is 11.6. The largest absolute Gasteiger partial charge is 0.417 e. The van der Waals surface area contributed by atoms with Gasteiger partial charge in [-0.3, -0.25) is 4.99 Å². The third kappa shape index (κ3) is 10.3. The van der Waals surface area contributed by atoms with Crippen molar-refractivity contribution in [1.82, 2.24) is 15.6 Å². The smallest absolute Gasteiger partial charge is 0.383 e. The molecule has 0 aliphatic carbocycles. The highest BCUT2D eigenvalue weighted by molar-refractivity contribution is 14.0. The molecule has 0 spiro atoms. The molecule has 1 aromatic rings. The highest BCUT2D eigenvalue weighted by atomic mass is 127. The van der Waals surface area contributed by atoms with Crippen LogP contribution in [0.25, 0.3) is 0 Å². The number of rotatable bonds is 9. The minimum Gasteiger partial charge on any atom is -0.383 e. The number of nitrogens with zero attached hydrogens (tertiary/aromatic N) is 2. The molecule has 0 saturated heterocycles. The van der Waals surface area contributed by atoms with E-state index < -0.39 is 11.7 Å². The van der Waals surface area contributed by atoms with Gasteiger partial charge in [-0.2, -0.15) is 13.2 Å². The van der Waals surface area contributed by atoms with Gasteiger partial charge in [0.15, 0.2) is 5.96 Å². The molecule has 1 rings (SSSR count). The Hall–Kier alpha value is -1.30. The van der Waals surface area contributed by atoms with Crippen molar-refractivity contribution < 1.29 is 17.9 Å². The summed E-state index contributed by atoms with van der Waals surface area (Å²) in [5.74, 6) is 1.12. The lowest BCUT2D eigenvalue weighted by Gasteiger charge is -2.11. The van der Waals surface area contributed by atoms with Crippen LogP contribution in [-0.2, 0) is 10.9 Å². The molecule has 0 fully saturated rings. The van der Waals surface area contributed by atoms with E-state index in [4.69, 9.17) is 4.74 Å². The Morgan fingerprint density at radius 3 is 2.56 bits per heavy atom. The number of guanidine groups is 1. The van der Waals surface area contributed by atoms with Crippen LogP contribution >= 0.6 is 24.0 Å². The molecule has 0 bridgehead atoms. The van der Waals surface area contributed by atoms with Crippen LogP contribution in [0.4, 0.5) is 19.0 Å². The maximum Gasteiger partial charge on any atom is 0.417 e. The van der Waals surface area contributed by atoms with E-state index in [1.807, 2.05) is 6.92 Å². The predicted octanol–water partition coefficient (Wildman–Crippen LogP) is 2.72. The zero-order chi connectivity index (χ0) is 17.8. The zero-order valence-corrected chi connectivity index (χ0v) is 16.6. The average Bonchev–Trinajstić information content (AvgIpc) is 2.54. The number of ether oxygens (including phenoxy) is 1. The van der Waals surface area contributed by atoms with Gasteiger partial charge in [-0.15, -0.1) is 24.0 Å². The van der Waals surface area contributed by atoms with Crippen LogP contribution in [0.15, 0.2) is 23.3 Å². The molecule has 0 radical (unpaired) electrons. The Bertz CT molecular complexity index is 497. The summed E-state index contributed by atoms with van der Waals surface area (Å²) in [6, 6.07) is 2.33. The van der Waals surface area contributed by atoms with Crippen molar-refractivity contribution in [3.8, 4) is 0 Å². The van der Waals surface area contributed by atoms with Crippen LogP contribution in [0.3, 0.4) is 0 Å². The van der Waals surface area contributed by atoms with Crippen LogP contribution in [0.1, 0.15) is 18.9 Å². The molecule has 0 aliphatic rings. The van der Waals surface area contributed by atoms with E-state index in [2.05, 4.69) is 25.9 Å². The molecule has 144 valence electrons. The molecule has 0 saturated carbocycles. The lowest BCUT2D eigenvalue weighted by Crippen LogP contribution is -2.39. The van der Waals surface area contributed by atoms with Crippen molar-refractivity contribution in [1.29, 1.82) is 0 Å². The van der Waals surface area contributed by atoms with Gasteiger partial charge in [-0.05, 0) is 25.5 Å². The highest BCUT2D eigenvalue weighted by Crippen LogP contribution is 2.28. The summed E-state index contributed by atoms with van der Waals surface area (Å²) in [6.07, 6.45) is -2.81. The Kier molecular flexibility index (Phi) is 12.3. The molecular weight excluding hydrogens is 450 g/mol. The van der Waals surface area contributed by atoms with Crippen LogP contribution < -0.4 is 16.0 Å². The maximum absolute atomic E-state index is 12.4.